The highest BCUT2D eigenvalue weighted by molar-refractivity contribution is 7.16. The third-order valence-corrected chi connectivity index (χ3v) is 2.79. The Morgan fingerprint density at radius 1 is 1.41 bits per heavy atom. The van der Waals surface area contributed by atoms with Crippen molar-refractivity contribution in [3.8, 4) is 0 Å². The van der Waals surface area contributed by atoms with Gasteiger partial charge in [0.1, 0.15) is 5.52 Å². The molecule has 5 nitrogen and oxygen atoms in total. The van der Waals surface area contributed by atoms with E-state index >= 15 is 0 Å². The van der Waals surface area contributed by atoms with Gasteiger partial charge >= 0.3 is 0 Å². The Hall–Kier alpha value is -1.48. The van der Waals surface area contributed by atoms with Crippen molar-refractivity contribution < 1.29 is 0 Å². The molecule has 2 N–H and O–H groups in total. The lowest BCUT2D eigenvalue weighted by molar-refractivity contribution is 0.834. The predicted molar refractivity (Wildman–Crippen MR) is 72.8 cm³/mol. The summed E-state index contributed by atoms with van der Waals surface area (Å²) in [5, 5.41) is 0. The van der Waals surface area contributed by atoms with Crippen LogP contribution in [-0.4, -0.2) is 25.7 Å². The SMILES string of the molecule is Cc1nc(N)nc2c1ncn2CC=CCCP. The van der Waals surface area contributed by atoms with Crippen molar-refractivity contribution in [1.82, 2.24) is 19.5 Å². The van der Waals surface area contributed by atoms with Gasteiger partial charge in [0.25, 0.3) is 0 Å². The first-order valence-corrected chi connectivity index (χ1v) is 6.34. The second-order valence-electron chi connectivity index (χ2n) is 3.79. The number of allylic oxidation sites excluding steroid dienone is 2. The van der Waals surface area contributed by atoms with Crippen molar-refractivity contribution >= 4 is 26.4 Å². The van der Waals surface area contributed by atoms with Crippen LogP contribution in [0.25, 0.3) is 11.2 Å². The van der Waals surface area contributed by atoms with Gasteiger partial charge in [0.2, 0.25) is 5.95 Å². The van der Waals surface area contributed by atoms with Gasteiger partial charge in [-0.25, -0.2) is 9.97 Å². The number of fused-ring (bicyclic) bond motifs is 1. The average Bonchev–Trinajstić information content (AvgIpc) is 2.68. The largest absolute Gasteiger partial charge is 0.368 e. The summed E-state index contributed by atoms with van der Waals surface area (Å²) >= 11 is 0. The molecule has 1 unspecified atom stereocenters. The number of imidazole rings is 1. The molecule has 0 saturated heterocycles. The van der Waals surface area contributed by atoms with E-state index in [-0.39, 0.29) is 0 Å². The van der Waals surface area contributed by atoms with E-state index in [1.165, 1.54) is 0 Å². The van der Waals surface area contributed by atoms with Gasteiger partial charge in [0, 0.05) is 6.54 Å². The first-order valence-electron chi connectivity index (χ1n) is 5.52. The third kappa shape index (κ3) is 2.61. The molecule has 0 aliphatic carbocycles. The van der Waals surface area contributed by atoms with E-state index in [2.05, 4.69) is 36.3 Å². The lowest BCUT2D eigenvalue weighted by atomic mass is 10.4. The van der Waals surface area contributed by atoms with Crippen LogP contribution in [0.15, 0.2) is 18.5 Å². The second-order valence-corrected chi connectivity index (χ2v) is 4.36. The van der Waals surface area contributed by atoms with Gasteiger partial charge < -0.3 is 10.3 Å². The molecule has 0 aliphatic heterocycles. The molecule has 2 aromatic heterocycles. The van der Waals surface area contributed by atoms with Gasteiger partial charge in [-0.3, -0.25) is 0 Å². The van der Waals surface area contributed by atoms with Gasteiger partial charge in [0.05, 0.1) is 12.0 Å². The van der Waals surface area contributed by atoms with Crippen LogP contribution in [0.3, 0.4) is 0 Å². The summed E-state index contributed by atoms with van der Waals surface area (Å²) in [7, 11) is 2.70. The van der Waals surface area contributed by atoms with E-state index in [1.807, 2.05) is 11.5 Å². The van der Waals surface area contributed by atoms with E-state index in [0.717, 1.165) is 36.0 Å². The molecule has 0 bridgehead atoms. The zero-order chi connectivity index (χ0) is 12.3. The second kappa shape index (κ2) is 5.23. The van der Waals surface area contributed by atoms with Crippen LogP contribution in [0.4, 0.5) is 5.95 Å². The maximum Gasteiger partial charge on any atom is 0.222 e. The highest BCUT2D eigenvalue weighted by Gasteiger charge is 2.07. The maximum absolute atomic E-state index is 5.65. The van der Waals surface area contributed by atoms with Crippen LogP contribution in [0, 0.1) is 6.92 Å². The summed E-state index contributed by atoms with van der Waals surface area (Å²) in [6, 6.07) is 0. The van der Waals surface area contributed by atoms with Gasteiger partial charge in [-0.2, -0.15) is 4.98 Å². The summed E-state index contributed by atoms with van der Waals surface area (Å²) in [6.07, 6.45) is 8.18. The van der Waals surface area contributed by atoms with E-state index in [1.54, 1.807) is 6.33 Å². The number of anilines is 1. The van der Waals surface area contributed by atoms with E-state index < -0.39 is 0 Å². The molecule has 2 heterocycles. The molecule has 0 amide bonds. The van der Waals surface area contributed by atoms with Crippen molar-refractivity contribution in [3.63, 3.8) is 0 Å². The third-order valence-electron chi connectivity index (χ3n) is 2.46. The van der Waals surface area contributed by atoms with Gasteiger partial charge in [-0.1, -0.05) is 12.2 Å². The molecule has 0 spiro atoms. The van der Waals surface area contributed by atoms with Crippen LogP contribution in [0.2, 0.25) is 0 Å². The van der Waals surface area contributed by atoms with Crippen LogP contribution in [0.1, 0.15) is 12.1 Å². The fourth-order valence-corrected chi connectivity index (χ4v) is 1.83. The molecule has 0 fully saturated rings. The normalized spacial score (nSPS) is 11.6. The Morgan fingerprint density at radius 2 is 2.24 bits per heavy atom. The molecule has 1 atom stereocenters. The molecular weight excluding hydrogens is 233 g/mol. The zero-order valence-corrected chi connectivity index (χ0v) is 11.0. The van der Waals surface area contributed by atoms with Crippen molar-refractivity contribution in [1.29, 1.82) is 0 Å². The lowest BCUT2D eigenvalue weighted by Gasteiger charge is -2.00. The minimum Gasteiger partial charge on any atom is -0.368 e. The fraction of sp³-hybridized carbons (Fsp3) is 0.364. The van der Waals surface area contributed by atoms with Crippen LogP contribution >= 0.6 is 9.24 Å². The Balaban J connectivity index is 2.29. The van der Waals surface area contributed by atoms with Crippen LogP contribution in [0.5, 0.6) is 0 Å². The average molecular weight is 249 g/mol. The van der Waals surface area contributed by atoms with Crippen LogP contribution in [-0.2, 0) is 6.54 Å². The summed E-state index contributed by atoms with van der Waals surface area (Å²) < 4.78 is 1.97. The predicted octanol–water partition coefficient (Wildman–Crippen LogP) is 1.54. The monoisotopic (exact) mass is 249 g/mol. The lowest BCUT2D eigenvalue weighted by Crippen LogP contribution is -2.01. The van der Waals surface area contributed by atoms with E-state index in [0.29, 0.717) is 5.95 Å². The van der Waals surface area contributed by atoms with Crippen molar-refractivity contribution in [2.75, 3.05) is 11.9 Å². The quantitative estimate of drug-likeness (QED) is 0.659. The summed E-state index contributed by atoms with van der Waals surface area (Å²) in [6.45, 7) is 2.65. The first kappa shape index (κ1) is 12.0. The highest BCUT2D eigenvalue weighted by Crippen LogP contribution is 2.14. The van der Waals surface area contributed by atoms with Crippen LogP contribution < -0.4 is 5.73 Å². The number of aryl methyl sites for hydroxylation is 1. The number of nitrogens with zero attached hydrogens (tertiary/aromatic N) is 4. The summed E-state index contributed by atoms with van der Waals surface area (Å²) in [4.78, 5) is 12.6. The highest BCUT2D eigenvalue weighted by atomic mass is 31.0. The minimum absolute atomic E-state index is 0.297. The Kier molecular flexibility index (Phi) is 3.69. The Bertz CT molecular complexity index is 546. The molecule has 2 aromatic rings. The molecule has 0 saturated carbocycles. The number of nitrogen functional groups attached to an aromatic ring is 1. The standard InChI is InChI=1S/C11H16N5P/c1-8-9-10(15-11(12)14-8)16(7-13-9)5-3-2-4-6-17/h2-3,7H,4-6,17H2,1H3,(H2,12,14,15). The van der Waals surface area contributed by atoms with Gasteiger partial charge in [-0.15, -0.1) is 9.24 Å². The Morgan fingerprint density at radius 3 is 3.00 bits per heavy atom. The maximum atomic E-state index is 5.65. The summed E-state index contributed by atoms with van der Waals surface area (Å²) in [5.74, 6) is 0.297. The number of hydrogen-bond donors (Lipinski definition) is 1. The van der Waals surface area contributed by atoms with Gasteiger partial charge in [0.15, 0.2) is 5.65 Å². The molecule has 0 aromatic carbocycles. The molecule has 17 heavy (non-hydrogen) atoms. The zero-order valence-electron chi connectivity index (χ0n) is 9.80. The minimum atomic E-state index is 0.297. The molecule has 0 aliphatic rings. The molecule has 0 radical (unpaired) electrons. The number of rotatable bonds is 4. The number of aromatic nitrogens is 4. The van der Waals surface area contributed by atoms with E-state index in [4.69, 9.17) is 5.73 Å². The number of hydrogen-bond acceptors (Lipinski definition) is 4. The van der Waals surface area contributed by atoms with Gasteiger partial charge in [-0.05, 0) is 19.5 Å². The molecular formula is C11H16N5P. The topological polar surface area (TPSA) is 69.6 Å². The molecule has 6 heteroatoms. The Labute approximate surface area is 102 Å². The summed E-state index contributed by atoms with van der Waals surface area (Å²) in [5.41, 5.74) is 8.08. The van der Waals surface area contributed by atoms with Crippen molar-refractivity contribution in [2.45, 2.75) is 19.9 Å². The molecule has 2 rings (SSSR count). The smallest absolute Gasteiger partial charge is 0.222 e. The van der Waals surface area contributed by atoms with Crippen molar-refractivity contribution in [2.24, 2.45) is 0 Å². The fourth-order valence-electron chi connectivity index (χ4n) is 1.64. The van der Waals surface area contributed by atoms with Crippen molar-refractivity contribution in [3.05, 3.63) is 24.2 Å². The number of nitrogens with two attached hydrogens (primary N) is 1. The first-order chi connectivity index (χ1) is 8.22. The molecule has 90 valence electrons. The van der Waals surface area contributed by atoms with E-state index in [9.17, 15) is 0 Å².